The van der Waals surface area contributed by atoms with E-state index in [9.17, 15) is 4.79 Å². The lowest BCUT2D eigenvalue weighted by atomic mass is 10.3. The van der Waals surface area contributed by atoms with Crippen molar-refractivity contribution in [1.82, 2.24) is 9.97 Å². The third-order valence-corrected chi connectivity index (χ3v) is 4.89. The number of thioether (sulfide) groups is 1. The average Bonchev–Trinajstić information content (AvgIpc) is 2.95. The summed E-state index contributed by atoms with van der Waals surface area (Å²) in [6.45, 7) is 1.85. The molecule has 0 saturated heterocycles. The standard InChI is InChI=1S/C17H16BrN3O2S/c1-10(16(22)19-12-5-3-4-11(18)8-12)24-17-20-14-7-6-13(23-2)9-15(14)21-17/h3-10H,1-2H3,(H,19,22)(H,20,21). The highest BCUT2D eigenvalue weighted by molar-refractivity contribution is 9.10. The third kappa shape index (κ3) is 3.91. The van der Waals surface area contributed by atoms with E-state index >= 15 is 0 Å². The Morgan fingerprint density at radius 2 is 2.17 bits per heavy atom. The van der Waals surface area contributed by atoms with E-state index in [0.29, 0.717) is 5.16 Å². The maximum atomic E-state index is 12.3. The lowest BCUT2D eigenvalue weighted by Gasteiger charge is -2.10. The Labute approximate surface area is 152 Å². The number of H-pyrrole nitrogens is 1. The molecule has 2 N–H and O–H groups in total. The van der Waals surface area contributed by atoms with Gasteiger partial charge in [-0.05, 0) is 37.3 Å². The summed E-state index contributed by atoms with van der Waals surface area (Å²) in [5.41, 5.74) is 2.49. The van der Waals surface area contributed by atoms with E-state index in [4.69, 9.17) is 4.74 Å². The van der Waals surface area contributed by atoms with Crippen LogP contribution < -0.4 is 10.1 Å². The molecule has 3 aromatic rings. The molecule has 7 heteroatoms. The number of hydrogen-bond acceptors (Lipinski definition) is 4. The fourth-order valence-corrected chi connectivity index (χ4v) is 3.40. The van der Waals surface area contributed by atoms with E-state index in [1.54, 1.807) is 7.11 Å². The molecule has 3 rings (SSSR count). The molecule has 24 heavy (non-hydrogen) atoms. The highest BCUT2D eigenvalue weighted by Gasteiger charge is 2.17. The van der Waals surface area contributed by atoms with Gasteiger partial charge in [0.15, 0.2) is 5.16 Å². The summed E-state index contributed by atoms with van der Waals surface area (Å²) in [6, 6.07) is 13.2. The van der Waals surface area contributed by atoms with Crippen LogP contribution in [0.25, 0.3) is 11.0 Å². The Morgan fingerprint density at radius 3 is 2.92 bits per heavy atom. The highest BCUT2D eigenvalue weighted by atomic mass is 79.9. The van der Waals surface area contributed by atoms with Crippen LogP contribution >= 0.6 is 27.7 Å². The van der Waals surface area contributed by atoms with E-state index in [1.165, 1.54) is 11.8 Å². The van der Waals surface area contributed by atoms with Crippen LogP contribution in [0.3, 0.4) is 0 Å². The third-order valence-electron chi connectivity index (χ3n) is 3.42. The van der Waals surface area contributed by atoms with Crippen molar-refractivity contribution in [2.24, 2.45) is 0 Å². The molecule has 124 valence electrons. The number of benzene rings is 2. The number of rotatable bonds is 5. The molecule has 0 aliphatic carbocycles. The number of fused-ring (bicyclic) bond motifs is 1. The first-order chi connectivity index (χ1) is 11.5. The molecule has 0 aliphatic heterocycles. The van der Waals surface area contributed by atoms with Gasteiger partial charge in [-0.2, -0.15) is 0 Å². The van der Waals surface area contributed by atoms with E-state index in [2.05, 4.69) is 31.2 Å². The second-order valence-corrected chi connectivity index (χ2v) is 7.43. The van der Waals surface area contributed by atoms with Crippen LogP contribution in [0.15, 0.2) is 52.1 Å². The Bertz CT molecular complexity index is 881. The minimum atomic E-state index is -0.286. The van der Waals surface area contributed by atoms with Crippen molar-refractivity contribution in [2.75, 3.05) is 12.4 Å². The van der Waals surface area contributed by atoms with Gasteiger partial charge in [0.1, 0.15) is 5.75 Å². The normalized spacial score (nSPS) is 12.1. The SMILES string of the molecule is COc1ccc2nc(SC(C)C(=O)Nc3cccc(Br)c3)[nH]c2c1. The molecule has 5 nitrogen and oxygen atoms in total. The second-order valence-electron chi connectivity index (χ2n) is 5.18. The Morgan fingerprint density at radius 1 is 1.33 bits per heavy atom. The van der Waals surface area contributed by atoms with Crippen LogP contribution in [0, 0.1) is 0 Å². The number of halogens is 1. The fraction of sp³-hybridized carbons (Fsp3) is 0.176. The molecule has 0 saturated carbocycles. The number of methoxy groups -OCH3 is 1. The summed E-state index contributed by atoms with van der Waals surface area (Å²) in [5.74, 6) is 0.694. The molecule has 1 aromatic heterocycles. The number of nitrogens with zero attached hydrogens (tertiary/aromatic N) is 1. The van der Waals surface area contributed by atoms with Crippen LogP contribution in [0.1, 0.15) is 6.92 Å². The maximum absolute atomic E-state index is 12.3. The lowest BCUT2D eigenvalue weighted by molar-refractivity contribution is -0.115. The van der Waals surface area contributed by atoms with Gasteiger partial charge in [0, 0.05) is 16.2 Å². The first kappa shape index (κ1) is 16.9. The van der Waals surface area contributed by atoms with Gasteiger partial charge in [-0.3, -0.25) is 4.79 Å². The predicted molar refractivity (Wildman–Crippen MR) is 101 cm³/mol. The summed E-state index contributed by atoms with van der Waals surface area (Å²) in [5, 5.41) is 3.32. The Hall–Kier alpha value is -1.99. The van der Waals surface area contributed by atoms with Gasteiger partial charge < -0.3 is 15.0 Å². The number of carbonyl (C=O) groups is 1. The predicted octanol–water partition coefficient (Wildman–Crippen LogP) is 4.45. The molecule has 0 fully saturated rings. The van der Waals surface area contributed by atoms with Crippen molar-refractivity contribution in [3.63, 3.8) is 0 Å². The maximum Gasteiger partial charge on any atom is 0.237 e. The number of aromatic nitrogens is 2. The zero-order valence-electron chi connectivity index (χ0n) is 13.2. The summed E-state index contributed by atoms with van der Waals surface area (Å²) in [4.78, 5) is 20.0. The number of amides is 1. The molecule has 1 unspecified atom stereocenters. The summed E-state index contributed by atoms with van der Waals surface area (Å²) < 4.78 is 6.13. The highest BCUT2D eigenvalue weighted by Crippen LogP contribution is 2.26. The first-order valence-corrected chi connectivity index (χ1v) is 8.99. The number of imidazole rings is 1. The van der Waals surface area contributed by atoms with Gasteiger partial charge in [-0.25, -0.2) is 4.98 Å². The summed E-state index contributed by atoms with van der Waals surface area (Å²) >= 11 is 4.78. The zero-order valence-corrected chi connectivity index (χ0v) is 15.6. The minimum absolute atomic E-state index is 0.0730. The van der Waals surface area contributed by atoms with Crippen molar-refractivity contribution < 1.29 is 9.53 Å². The van der Waals surface area contributed by atoms with Gasteiger partial charge in [0.25, 0.3) is 0 Å². The number of carbonyl (C=O) groups excluding carboxylic acids is 1. The fourth-order valence-electron chi connectivity index (χ4n) is 2.18. The smallest absolute Gasteiger partial charge is 0.237 e. The van der Waals surface area contributed by atoms with Crippen molar-refractivity contribution in [3.8, 4) is 5.75 Å². The number of aromatic amines is 1. The minimum Gasteiger partial charge on any atom is -0.497 e. The quantitative estimate of drug-likeness (QED) is 0.615. The number of ether oxygens (including phenoxy) is 1. The monoisotopic (exact) mass is 405 g/mol. The number of nitrogens with one attached hydrogen (secondary N) is 2. The van der Waals surface area contributed by atoms with Gasteiger partial charge in [0.05, 0.1) is 23.4 Å². The second kappa shape index (κ2) is 7.27. The molecule has 0 spiro atoms. The topological polar surface area (TPSA) is 67.0 Å². The molecular weight excluding hydrogens is 390 g/mol. The van der Waals surface area contributed by atoms with Crippen LogP contribution in [-0.2, 0) is 4.79 Å². The number of hydrogen-bond donors (Lipinski definition) is 2. The van der Waals surface area contributed by atoms with Gasteiger partial charge in [-0.1, -0.05) is 33.8 Å². The molecule has 2 aromatic carbocycles. The van der Waals surface area contributed by atoms with Crippen molar-refractivity contribution in [2.45, 2.75) is 17.3 Å². The van der Waals surface area contributed by atoms with Crippen LogP contribution in [0.2, 0.25) is 0 Å². The van der Waals surface area contributed by atoms with Gasteiger partial charge in [0.2, 0.25) is 5.91 Å². The van der Waals surface area contributed by atoms with Crippen LogP contribution in [0.5, 0.6) is 5.75 Å². The number of anilines is 1. The Balaban J connectivity index is 1.69. The van der Waals surface area contributed by atoms with Crippen molar-refractivity contribution in [3.05, 3.63) is 46.9 Å². The largest absolute Gasteiger partial charge is 0.497 e. The first-order valence-electron chi connectivity index (χ1n) is 7.32. The van der Waals surface area contributed by atoms with Crippen molar-refractivity contribution >= 4 is 50.3 Å². The molecule has 1 atom stereocenters. The zero-order chi connectivity index (χ0) is 17.1. The summed E-state index contributed by atoms with van der Waals surface area (Å²) in [6.07, 6.45) is 0. The van der Waals surface area contributed by atoms with E-state index in [1.807, 2.05) is 49.4 Å². The van der Waals surface area contributed by atoms with Crippen LogP contribution in [0.4, 0.5) is 5.69 Å². The molecule has 0 aliphatic rings. The van der Waals surface area contributed by atoms with Gasteiger partial charge >= 0.3 is 0 Å². The molecular formula is C17H16BrN3O2S. The summed E-state index contributed by atoms with van der Waals surface area (Å²) in [7, 11) is 1.63. The molecule has 1 amide bonds. The molecule has 0 radical (unpaired) electrons. The lowest BCUT2D eigenvalue weighted by Crippen LogP contribution is -2.22. The Kier molecular flexibility index (Phi) is 5.11. The van der Waals surface area contributed by atoms with E-state index in [0.717, 1.165) is 26.9 Å². The molecule has 1 heterocycles. The van der Waals surface area contributed by atoms with Crippen LogP contribution in [-0.4, -0.2) is 28.2 Å². The van der Waals surface area contributed by atoms with E-state index < -0.39 is 0 Å². The van der Waals surface area contributed by atoms with Crippen molar-refractivity contribution in [1.29, 1.82) is 0 Å². The molecule has 0 bridgehead atoms. The van der Waals surface area contributed by atoms with E-state index in [-0.39, 0.29) is 11.2 Å². The van der Waals surface area contributed by atoms with Gasteiger partial charge in [-0.15, -0.1) is 0 Å². The average molecular weight is 406 g/mol.